The maximum Gasteiger partial charge on any atom is 0.162 e. The Morgan fingerprint density at radius 2 is 2.00 bits per heavy atom. The molecule has 0 radical (unpaired) electrons. The molecule has 0 saturated carbocycles. The SMILES string of the molecule is C=CC(=O)CC(=O)CC(C)C. The molecule has 11 heavy (non-hydrogen) atoms. The summed E-state index contributed by atoms with van der Waals surface area (Å²) in [5.41, 5.74) is 0. The molecule has 0 aromatic rings. The molecule has 0 unspecified atom stereocenters. The van der Waals surface area contributed by atoms with Crippen LogP contribution < -0.4 is 0 Å². The summed E-state index contributed by atoms with van der Waals surface area (Å²) >= 11 is 0. The normalized spacial score (nSPS) is 9.73. The van der Waals surface area contributed by atoms with Gasteiger partial charge in [-0.1, -0.05) is 20.4 Å². The highest BCUT2D eigenvalue weighted by Crippen LogP contribution is 2.02. The second-order valence-corrected chi connectivity index (χ2v) is 2.98. The lowest BCUT2D eigenvalue weighted by Crippen LogP contribution is -2.07. The van der Waals surface area contributed by atoms with Crippen LogP contribution in [0, 0.1) is 5.92 Å². The van der Waals surface area contributed by atoms with E-state index in [-0.39, 0.29) is 18.0 Å². The molecule has 0 aliphatic carbocycles. The summed E-state index contributed by atoms with van der Waals surface area (Å²) < 4.78 is 0. The van der Waals surface area contributed by atoms with Crippen LogP contribution in [0.1, 0.15) is 26.7 Å². The van der Waals surface area contributed by atoms with Crippen molar-refractivity contribution < 1.29 is 9.59 Å². The largest absolute Gasteiger partial charge is 0.299 e. The second kappa shape index (κ2) is 4.83. The van der Waals surface area contributed by atoms with Crippen LogP contribution >= 0.6 is 0 Å². The number of hydrogen-bond donors (Lipinski definition) is 0. The first kappa shape index (κ1) is 10.1. The highest BCUT2D eigenvalue weighted by molar-refractivity contribution is 6.04. The third kappa shape index (κ3) is 5.52. The zero-order valence-electron chi connectivity index (χ0n) is 7.09. The van der Waals surface area contributed by atoms with Crippen molar-refractivity contribution in [2.24, 2.45) is 5.92 Å². The Balaban J connectivity index is 3.69. The standard InChI is InChI=1S/C9H14O2/c1-4-8(10)6-9(11)5-7(2)3/h4,7H,1,5-6H2,2-3H3. The van der Waals surface area contributed by atoms with E-state index in [1.165, 1.54) is 6.08 Å². The average Bonchev–Trinajstić information content (AvgIpc) is 1.85. The van der Waals surface area contributed by atoms with E-state index < -0.39 is 0 Å². The fourth-order valence-electron chi connectivity index (χ4n) is 0.794. The molecule has 0 atom stereocenters. The van der Waals surface area contributed by atoms with Crippen LogP contribution in [0.4, 0.5) is 0 Å². The molecule has 0 aliphatic rings. The Morgan fingerprint density at radius 1 is 1.45 bits per heavy atom. The van der Waals surface area contributed by atoms with Crippen molar-refractivity contribution in [3.63, 3.8) is 0 Å². The molecule has 0 bridgehead atoms. The highest BCUT2D eigenvalue weighted by Gasteiger charge is 2.07. The van der Waals surface area contributed by atoms with E-state index >= 15 is 0 Å². The fraction of sp³-hybridized carbons (Fsp3) is 0.556. The molecule has 0 fully saturated rings. The van der Waals surface area contributed by atoms with E-state index in [1.807, 2.05) is 13.8 Å². The van der Waals surface area contributed by atoms with E-state index in [1.54, 1.807) is 0 Å². The Morgan fingerprint density at radius 3 is 2.36 bits per heavy atom. The molecule has 0 aromatic heterocycles. The number of hydrogen-bond acceptors (Lipinski definition) is 2. The lowest BCUT2D eigenvalue weighted by Gasteiger charge is -2.00. The summed E-state index contributed by atoms with van der Waals surface area (Å²) in [6.45, 7) is 7.20. The lowest BCUT2D eigenvalue weighted by atomic mass is 10.0. The molecule has 0 heterocycles. The van der Waals surface area contributed by atoms with Gasteiger partial charge in [0.15, 0.2) is 5.78 Å². The summed E-state index contributed by atoms with van der Waals surface area (Å²) in [5, 5.41) is 0. The van der Waals surface area contributed by atoms with E-state index in [2.05, 4.69) is 6.58 Å². The summed E-state index contributed by atoms with van der Waals surface area (Å²) in [6.07, 6.45) is 1.69. The zero-order chi connectivity index (χ0) is 8.85. The van der Waals surface area contributed by atoms with Gasteiger partial charge in [0.25, 0.3) is 0 Å². The van der Waals surface area contributed by atoms with Crippen LogP contribution in [0.2, 0.25) is 0 Å². The maximum atomic E-state index is 11.0. The van der Waals surface area contributed by atoms with Gasteiger partial charge in [0.1, 0.15) is 5.78 Å². The van der Waals surface area contributed by atoms with Crippen molar-refractivity contribution in [3.8, 4) is 0 Å². The molecule has 0 rings (SSSR count). The van der Waals surface area contributed by atoms with Crippen LogP contribution in [0.5, 0.6) is 0 Å². The molecule has 62 valence electrons. The van der Waals surface area contributed by atoms with Gasteiger partial charge in [-0.05, 0) is 12.0 Å². The second-order valence-electron chi connectivity index (χ2n) is 2.98. The first-order valence-electron chi connectivity index (χ1n) is 3.73. The minimum absolute atomic E-state index is 0.00454. The maximum absolute atomic E-state index is 11.0. The first-order chi connectivity index (χ1) is 5.06. The Hall–Kier alpha value is -0.920. The van der Waals surface area contributed by atoms with E-state index in [4.69, 9.17) is 0 Å². The lowest BCUT2D eigenvalue weighted by molar-refractivity contribution is -0.125. The van der Waals surface area contributed by atoms with Crippen molar-refractivity contribution in [2.75, 3.05) is 0 Å². The number of ketones is 2. The number of rotatable bonds is 5. The first-order valence-corrected chi connectivity index (χ1v) is 3.73. The van der Waals surface area contributed by atoms with Crippen molar-refractivity contribution in [1.82, 2.24) is 0 Å². The van der Waals surface area contributed by atoms with Gasteiger partial charge in [-0.2, -0.15) is 0 Å². The minimum atomic E-state index is -0.185. The number of carbonyl (C=O) groups excluding carboxylic acids is 2. The predicted molar refractivity (Wildman–Crippen MR) is 44.3 cm³/mol. The van der Waals surface area contributed by atoms with Gasteiger partial charge in [-0.3, -0.25) is 9.59 Å². The molecule has 0 saturated heterocycles. The average molecular weight is 154 g/mol. The van der Waals surface area contributed by atoms with Crippen molar-refractivity contribution in [2.45, 2.75) is 26.7 Å². The number of carbonyl (C=O) groups is 2. The summed E-state index contributed by atoms with van der Waals surface area (Å²) in [7, 11) is 0. The Bertz CT molecular complexity index is 168. The third-order valence-corrected chi connectivity index (χ3v) is 1.23. The highest BCUT2D eigenvalue weighted by atomic mass is 16.1. The molecule has 0 spiro atoms. The molecule has 0 N–H and O–H groups in total. The summed E-state index contributed by atoms with van der Waals surface area (Å²) in [4.78, 5) is 21.6. The third-order valence-electron chi connectivity index (χ3n) is 1.23. The van der Waals surface area contributed by atoms with Crippen LogP contribution in [0.25, 0.3) is 0 Å². The number of Topliss-reactive ketones (excluding diaryl/α,β-unsaturated/α-hetero) is 1. The quantitative estimate of drug-likeness (QED) is 0.446. The van der Waals surface area contributed by atoms with Crippen LogP contribution in [0.15, 0.2) is 12.7 Å². The minimum Gasteiger partial charge on any atom is -0.299 e. The van der Waals surface area contributed by atoms with Crippen LogP contribution in [-0.2, 0) is 9.59 Å². The van der Waals surface area contributed by atoms with E-state index in [0.717, 1.165) is 0 Å². The topological polar surface area (TPSA) is 34.1 Å². The van der Waals surface area contributed by atoms with Crippen molar-refractivity contribution >= 4 is 11.6 Å². The Kier molecular flexibility index (Phi) is 4.42. The predicted octanol–water partition coefficient (Wildman–Crippen LogP) is 1.75. The van der Waals surface area contributed by atoms with Crippen LogP contribution in [-0.4, -0.2) is 11.6 Å². The molecular weight excluding hydrogens is 140 g/mol. The smallest absolute Gasteiger partial charge is 0.162 e. The van der Waals surface area contributed by atoms with Gasteiger partial charge in [0, 0.05) is 6.42 Å². The molecule has 0 aliphatic heterocycles. The van der Waals surface area contributed by atoms with Gasteiger partial charge in [-0.15, -0.1) is 0 Å². The van der Waals surface area contributed by atoms with E-state index in [0.29, 0.717) is 12.3 Å². The van der Waals surface area contributed by atoms with Crippen LogP contribution in [0.3, 0.4) is 0 Å². The zero-order valence-corrected chi connectivity index (χ0v) is 7.09. The van der Waals surface area contributed by atoms with Crippen molar-refractivity contribution in [3.05, 3.63) is 12.7 Å². The summed E-state index contributed by atoms with van der Waals surface area (Å²) in [6, 6.07) is 0. The molecule has 0 amide bonds. The summed E-state index contributed by atoms with van der Waals surface area (Å²) in [5.74, 6) is 0.153. The van der Waals surface area contributed by atoms with Crippen molar-refractivity contribution in [1.29, 1.82) is 0 Å². The Labute approximate surface area is 67.3 Å². The fourth-order valence-corrected chi connectivity index (χ4v) is 0.794. The molecular formula is C9H14O2. The molecule has 2 nitrogen and oxygen atoms in total. The molecule has 2 heteroatoms. The van der Waals surface area contributed by atoms with Gasteiger partial charge in [0.05, 0.1) is 6.42 Å². The van der Waals surface area contributed by atoms with Gasteiger partial charge in [0.2, 0.25) is 0 Å². The van der Waals surface area contributed by atoms with Gasteiger partial charge >= 0.3 is 0 Å². The monoisotopic (exact) mass is 154 g/mol. The molecule has 0 aromatic carbocycles. The van der Waals surface area contributed by atoms with Gasteiger partial charge in [-0.25, -0.2) is 0 Å². The van der Waals surface area contributed by atoms with Gasteiger partial charge < -0.3 is 0 Å². The van der Waals surface area contributed by atoms with E-state index in [9.17, 15) is 9.59 Å². The number of allylic oxidation sites excluding steroid dienone is 1.